The van der Waals surface area contributed by atoms with Crippen LogP contribution in [0.5, 0.6) is 5.75 Å². The number of rotatable bonds is 64. The van der Waals surface area contributed by atoms with Gasteiger partial charge in [-0.1, -0.05) is 84.8 Å². The summed E-state index contributed by atoms with van der Waals surface area (Å²) in [5.41, 5.74) is 27.4. The summed E-state index contributed by atoms with van der Waals surface area (Å²) in [7, 11) is 0. The van der Waals surface area contributed by atoms with Gasteiger partial charge < -0.3 is 151 Å². The summed E-state index contributed by atoms with van der Waals surface area (Å²) in [6.45, 7) is 13.3. The van der Waals surface area contributed by atoms with Gasteiger partial charge in [0, 0.05) is 74.8 Å². The number of amidine groups is 1. The second kappa shape index (κ2) is 60.1. The van der Waals surface area contributed by atoms with E-state index in [1.54, 1.807) is 36.7 Å². The Kier molecular flexibility index (Phi) is 49.0. The van der Waals surface area contributed by atoms with E-state index in [9.17, 15) is 82.8 Å². The Labute approximate surface area is 840 Å². The van der Waals surface area contributed by atoms with E-state index in [4.69, 9.17) is 69.0 Å². The smallest absolute Gasteiger partial charge is 0.407 e. The first kappa shape index (κ1) is 118. The van der Waals surface area contributed by atoms with Gasteiger partial charge in [-0.2, -0.15) is 5.10 Å². The number of nitrogens with two attached hydrogens (primary N) is 7. The molecule has 32 N–H and O–H groups in total. The number of hydrazone groups is 1. The number of aliphatic carboxylic acids is 1. The molecule has 4 aromatic carbocycles. The van der Waals surface area contributed by atoms with Crippen LogP contribution >= 0.6 is 0 Å². The van der Waals surface area contributed by atoms with Crippen LogP contribution in [-0.4, -0.2) is 277 Å². The summed E-state index contributed by atoms with van der Waals surface area (Å²) in [5.74, 6) is 9.37. The van der Waals surface area contributed by atoms with Crippen LogP contribution in [0.3, 0.4) is 0 Å². The second-order valence-corrected chi connectivity index (χ2v) is 36.5. The Morgan fingerprint density at radius 2 is 1.26 bits per heavy atom. The number of allylic oxidation sites excluding steroid dienone is 2. The molecule has 2 aliphatic carbocycles. The average Bonchev–Trinajstić information content (AvgIpc) is 1.62. The molecule has 1 aromatic heterocycles. The zero-order chi connectivity index (χ0) is 106. The number of primary amides is 1. The largest absolute Gasteiger partial charge is 0.494 e. The number of nitrogens with zero attached hydrogens (tertiary/aromatic N) is 3. The number of aliphatic hydroxyl groups is 3. The fraction of sp³-hybridized carbons (Fsp3) is 0.536. The van der Waals surface area contributed by atoms with Crippen LogP contribution < -0.4 is 115 Å². The van der Waals surface area contributed by atoms with E-state index in [1.165, 1.54) is 43.4 Å². The number of H-pyrrole nitrogens is 1. The van der Waals surface area contributed by atoms with Crippen molar-refractivity contribution in [1.29, 1.82) is 0 Å². The van der Waals surface area contributed by atoms with Crippen molar-refractivity contribution in [1.82, 2.24) is 84.3 Å². The maximum atomic E-state index is 15.6. The molecule has 0 bridgehead atoms. The molecule has 0 spiro atoms. The lowest BCUT2D eigenvalue weighted by atomic mass is 9.90. The number of carboxylic acid groups (broad SMARTS) is 1. The number of aryl methyl sites for hydroxylation is 4. The van der Waals surface area contributed by atoms with E-state index < -0.39 is 181 Å². The van der Waals surface area contributed by atoms with Crippen LogP contribution in [0.2, 0.25) is 0 Å². The number of carbonyl (C=O) groups is 13. The average molecular weight is 2030 g/mol. The predicted molar refractivity (Wildman–Crippen MR) is 530 cm³/mol. The van der Waals surface area contributed by atoms with Crippen molar-refractivity contribution in [3.8, 4) is 16.9 Å². The molecule has 47 nitrogen and oxygen atoms in total. The highest BCUT2D eigenvalue weighted by Crippen LogP contribution is 2.53. The molecule has 5 aromatic rings. The van der Waals surface area contributed by atoms with E-state index >= 15 is 4.39 Å². The number of aromatic nitrogens is 2. The monoisotopic (exact) mass is 2030 g/mol. The van der Waals surface area contributed by atoms with Crippen molar-refractivity contribution in [2.75, 3.05) is 98.9 Å². The molecule has 2 aliphatic rings. The van der Waals surface area contributed by atoms with E-state index in [-0.39, 0.29) is 44.0 Å². The van der Waals surface area contributed by atoms with Crippen molar-refractivity contribution in [2.24, 2.45) is 68.8 Å². The first-order chi connectivity index (χ1) is 69.1. The molecule has 13 atom stereocenters. The minimum atomic E-state index is -2.43. The molecular formula is C97H145FN24O23. The normalized spacial score (nSPS) is 16.9. The van der Waals surface area contributed by atoms with Crippen molar-refractivity contribution in [3.63, 3.8) is 0 Å². The summed E-state index contributed by atoms with van der Waals surface area (Å²) in [6.07, 6.45) is 4.22. The first-order valence-corrected chi connectivity index (χ1v) is 48.1. The van der Waals surface area contributed by atoms with Gasteiger partial charge in [-0.05, 0) is 182 Å². The second-order valence-electron chi connectivity index (χ2n) is 36.5. The Balaban J connectivity index is 0.920. The summed E-state index contributed by atoms with van der Waals surface area (Å²) in [4.78, 5) is 186. The van der Waals surface area contributed by atoms with Crippen LogP contribution in [0.25, 0.3) is 11.1 Å². The minimum absolute atomic E-state index is 0.0488. The number of benzene rings is 4. The van der Waals surface area contributed by atoms with Gasteiger partial charge in [0.05, 0.1) is 110 Å². The zero-order valence-electron chi connectivity index (χ0n) is 83.3. The fourth-order valence-corrected chi connectivity index (χ4v) is 16.2. The Morgan fingerprint density at radius 1 is 0.641 bits per heavy atom. The van der Waals surface area contributed by atoms with Crippen LogP contribution in [-0.2, 0) is 113 Å². The fourth-order valence-electron chi connectivity index (χ4n) is 16.2. The molecule has 0 aliphatic heterocycles. The van der Waals surface area contributed by atoms with Crippen LogP contribution in [0.1, 0.15) is 145 Å². The Hall–Kier alpha value is -13.7. The number of hydrogen-bond acceptors (Lipinski definition) is 32. The molecule has 0 radical (unpaired) electrons. The summed E-state index contributed by atoms with van der Waals surface area (Å²) in [5, 5.41) is 74.4. The number of fused-ring (bicyclic) bond motifs is 1. The summed E-state index contributed by atoms with van der Waals surface area (Å²) >= 11 is 0. The van der Waals surface area contributed by atoms with Crippen molar-refractivity contribution >= 4 is 82.9 Å². The number of aliphatic hydroxyl groups excluding tert-OH is 3. The molecule has 0 unspecified atom stereocenters. The molecule has 12 amide bonds. The molecule has 7 rings (SSSR count). The standard InChI is InChI=1S/C97H145FN24O23/c1-9-62-45-67(144-33-13-12-32-122(105)51-65(99)53-143-40-39-142-38-37-141-36-35-140-34-31-108-95(139)145-54-71-69-25-27-73(100)74(119-102)28-26-70(69)71)23-24-68(62)63-21-19-60(20-22-63)44-76(87(131)111-75(85(101)129)18-14-15-61-42-56(2)41-57(3)43-61)112-88(132)78(47-82(127)128)113-89(133)79(52-123)114-90(134)83(58(4)124)117-94(138)97(8,48-64-16-10-11-17-72(64)98)118-91(135)84(59(5)125)116-81(126)50-109-86(130)77(46-80(120-103)121-104)115-93(137)96(6,7)92(136)107-30-29-66-49-106-55-110-66/h10-11,16-17,19-24,41-43,45,49,51,55,58-59,69-71,75-79,83-84,119,123-125H,9,12-15,18,25-40,44,46-48,50,52-54,99-100,102-105H2,1-8H3,(H2,101,129)(H,106,110)(H,107,136)(H,108,139)(H,109,130)(H,111,131)(H,112,132)(H,113,133)(H,114,134)(H,115,137)(H,116,126)(H,117,138)(H,118,135)(H,120,121)(H,127,128)/b65-51-,74-73-/t58-,59-,69+,70-,71+,75+,76+,77+,78+,79+,83+,84+,97+/m1/s1. The third-order valence-electron chi connectivity index (χ3n) is 24.5. The van der Waals surface area contributed by atoms with Crippen LogP contribution in [0, 0.1) is 42.8 Å². The van der Waals surface area contributed by atoms with Gasteiger partial charge in [0.15, 0.2) is 0 Å². The van der Waals surface area contributed by atoms with Gasteiger partial charge in [-0.3, -0.25) is 63.4 Å². The highest BCUT2D eigenvalue weighted by Gasteiger charge is 2.51. The summed E-state index contributed by atoms with van der Waals surface area (Å²) in [6, 6.07) is 10.6. The molecule has 145 heavy (non-hydrogen) atoms. The zero-order valence-corrected chi connectivity index (χ0v) is 83.3. The molecule has 1 heterocycles. The van der Waals surface area contributed by atoms with Crippen LogP contribution in [0.4, 0.5) is 9.18 Å². The Morgan fingerprint density at radius 3 is 1.88 bits per heavy atom. The number of halogens is 1. The van der Waals surface area contributed by atoms with Crippen molar-refractivity contribution in [3.05, 3.63) is 166 Å². The lowest BCUT2D eigenvalue weighted by Gasteiger charge is -2.34. The molecular weight excluding hydrogens is 1890 g/mol. The number of carboxylic acids is 1. The SMILES string of the molecule is CCc1cc(OCCCCN(N)/C=C(\N)COCCOCCOCCOCCNC(=O)OC[C@@H]2[C@@H]3CC/C(NN)=C(/N)CC[C@@H]32)ccc1-c1ccc(C[C@H](NC(=O)[C@H](CC(=O)O)NC(=O)[C@H](CO)NC(=O)[C@@H](NC(=O)[C@](C)(Cc2ccccc2F)NC(=O)[C@@H](NC(=O)CNC(=O)[C@H](C/C(=N/N)NN)NC(=O)C(C)(C)C(=O)NCCc2cnc[nH]2)[C@@H](C)O)[C@@H](C)O)C(=O)N[C@@H](CCCc2cc(C)cc(C)c2)C(N)=O)cc1. The van der Waals surface area contributed by atoms with Crippen molar-refractivity contribution in [2.45, 2.75) is 212 Å². The van der Waals surface area contributed by atoms with E-state index in [1.807, 2.05) is 57.2 Å². The molecule has 1 fully saturated rings. The molecule has 0 saturated heterocycles. The van der Waals surface area contributed by atoms with Gasteiger partial charge in [0.1, 0.15) is 70.6 Å². The van der Waals surface area contributed by atoms with Gasteiger partial charge in [0.25, 0.3) is 0 Å². The van der Waals surface area contributed by atoms with E-state index in [0.717, 1.165) is 97.3 Å². The van der Waals surface area contributed by atoms with E-state index in [2.05, 4.69) is 84.4 Å². The number of unbranched alkanes of at least 4 members (excludes halogenated alkanes) is 1. The number of amides is 12. The van der Waals surface area contributed by atoms with Gasteiger partial charge >= 0.3 is 12.1 Å². The number of alkyl carbamates (subject to hydrolysis) is 1. The van der Waals surface area contributed by atoms with Gasteiger partial charge in [-0.25, -0.2) is 25.9 Å². The van der Waals surface area contributed by atoms with Gasteiger partial charge in [-0.15, -0.1) is 0 Å². The number of imidazole rings is 1. The third kappa shape index (κ3) is 39.7. The Bertz CT molecular complexity index is 5190. The van der Waals surface area contributed by atoms with Gasteiger partial charge in [0.2, 0.25) is 65.0 Å². The number of ether oxygens (including phenoxy) is 6. The third-order valence-corrected chi connectivity index (χ3v) is 24.5. The number of carbonyl (C=O) groups excluding carboxylic acids is 12. The molecule has 798 valence electrons. The van der Waals surface area contributed by atoms with Crippen LogP contribution in [0.15, 0.2) is 126 Å². The summed E-state index contributed by atoms with van der Waals surface area (Å²) < 4.78 is 49.6. The number of nitrogens with one attached hydrogen (secondary N) is 14. The molecule has 48 heteroatoms. The highest BCUT2D eigenvalue weighted by atomic mass is 19.1. The predicted octanol–water partition coefficient (Wildman–Crippen LogP) is -2.19. The quantitative estimate of drug-likeness (QED) is 0.00491. The van der Waals surface area contributed by atoms with Crippen molar-refractivity contribution < 1.29 is 116 Å². The maximum Gasteiger partial charge on any atom is 0.407 e. The topological polar surface area (TPSA) is 741 Å². The lowest BCUT2D eigenvalue weighted by molar-refractivity contribution is -0.143. The lowest BCUT2D eigenvalue weighted by Crippen LogP contribution is -2.67. The minimum Gasteiger partial charge on any atom is -0.494 e. The van der Waals surface area contributed by atoms with E-state index in [0.29, 0.717) is 145 Å². The highest BCUT2D eigenvalue weighted by molar-refractivity contribution is 6.06. The number of aromatic amines is 1. The number of hydrogen-bond donors (Lipinski definition) is 25. The maximum absolute atomic E-state index is 15.6. The molecule has 1 saturated carbocycles. The number of hydrazine groups is 3. The first-order valence-electron chi connectivity index (χ1n) is 48.1.